The van der Waals surface area contributed by atoms with Crippen molar-refractivity contribution in [2.45, 2.75) is 64.5 Å². The number of urea groups is 1. The minimum Gasteiger partial charge on any atom is -0.493 e. The van der Waals surface area contributed by atoms with Crippen molar-refractivity contribution in [3.63, 3.8) is 0 Å². The minimum atomic E-state index is -1.01. The maximum absolute atomic E-state index is 15.4. The Kier molecular flexibility index (Phi) is 11.2. The molecule has 3 aromatic rings. The monoisotopic (exact) mass is 747 g/mol. The largest absolute Gasteiger partial charge is 0.493 e. The lowest BCUT2D eigenvalue weighted by atomic mass is 9.71. The van der Waals surface area contributed by atoms with Crippen LogP contribution in [0.2, 0.25) is 10.0 Å². The van der Waals surface area contributed by atoms with E-state index < -0.39 is 11.1 Å². The molecule has 4 heterocycles. The molecule has 12 heteroatoms. The van der Waals surface area contributed by atoms with E-state index in [1.807, 2.05) is 77.5 Å². The van der Waals surface area contributed by atoms with Gasteiger partial charge in [0.15, 0.2) is 0 Å². The van der Waals surface area contributed by atoms with Crippen LogP contribution < -0.4 is 10.1 Å². The molecule has 0 saturated carbocycles. The second-order valence-electron chi connectivity index (χ2n) is 15.3. The summed E-state index contributed by atoms with van der Waals surface area (Å²) < 4.78 is 6.31. The average molecular weight is 749 g/mol. The van der Waals surface area contributed by atoms with E-state index in [1.165, 1.54) is 0 Å². The number of nitrogens with one attached hydrogen (secondary N) is 1. The molecule has 3 aliphatic heterocycles. The van der Waals surface area contributed by atoms with Crippen LogP contribution in [-0.2, 0) is 21.3 Å². The number of carbonyl (C=O) groups is 2. The molecular weight excluding hydrogens is 697 g/mol. The van der Waals surface area contributed by atoms with Crippen molar-refractivity contribution in [2.75, 3.05) is 65.5 Å². The van der Waals surface area contributed by atoms with Gasteiger partial charge >= 0.3 is 6.03 Å². The van der Waals surface area contributed by atoms with Crippen LogP contribution >= 0.6 is 23.2 Å². The highest BCUT2D eigenvalue weighted by atomic mass is 35.5. The third-order valence-electron chi connectivity index (χ3n) is 10.8. The molecule has 52 heavy (non-hydrogen) atoms. The molecule has 0 unspecified atom stereocenters. The Morgan fingerprint density at radius 3 is 2.19 bits per heavy atom. The molecule has 0 spiro atoms. The summed E-state index contributed by atoms with van der Waals surface area (Å²) in [5.74, 6) is 1.21. The Balaban J connectivity index is 1.43. The van der Waals surface area contributed by atoms with Crippen LogP contribution in [0.15, 0.2) is 65.8 Å². The molecule has 3 aliphatic rings. The van der Waals surface area contributed by atoms with Crippen molar-refractivity contribution in [1.82, 2.24) is 29.9 Å². The number of aromatic nitrogens is 1. The summed E-state index contributed by atoms with van der Waals surface area (Å²) in [5, 5.41) is 4.13. The third-order valence-corrected chi connectivity index (χ3v) is 11.3. The Bertz CT molecular complexity index is 1800. The topological polar surface area (TPSA) is 93.6 Å². The van der Waals surface area contributed by atoms with Crippen LogP contribution in [0.4, 0.5) is 4.79 Å². The van der Waals surface area contributed by atoms with Gasteiger partial charge in [-0.2, -0.15) is 0 Å². The van der Waals surface area contributed by atoms with E-state index in [9.17, 15) is 4.79 Å². The number of hydrogen-bond acceptors (Lipinski definition) is 7. The van der Waals surface area contributed by atoms with Crippen LogP contribution in [-0.4, -0.2) is 108 Å². The van der Waals surface area contributed by atoms with E-state index >= 15 is 4.79 Å². The van der Waals surface area contributed by atoms with Crippen LogP contribution in [0.3, 0.4) is 0 Å². The average Bonchev–Trinajstić information content (AvgIpc) is 3.22. The fourth-order valence-electron chi connectivity index (χ4n) is 7.55. The molecule has 2 aromatic carbocycles. The lowest BCUT2D eigenvalue weighted by Crippen LogP contribution is -2.58. The highest BCUT2D eigenvalue weighted by molar-refractivity contribution is 6.30. The molecule has 6 rings (SSSR count). The number of aliphatic imine (C=N–C) groups is 1. The van der Waals surface area contributed by atoms with Gasteiger partial charge in [-0.05, 0) is 69.1 Å². The second kappa shape index (κ2) is 15.3. The number of hydrogen-bond donors (Lipinski definition) is 1. The van der Waals surface area contributed by atoms with Gasteiger partial charge in [-0.1, -0.05) is 68.2 Å². The van der Waals surface area contributed by atoms with Gasteiger partial charge in [-0.25, -0.2) is 4.79 Å². The minimum absolute atomic E-state index is 0.0760. The maximum atomic E-state index is 15.4. The van der Waals surface area contributed by atoms with E-state index in [-0.39, 0.29) is 17.4 Å². The molecule has 0 radical (unpaired) electrons. The molecule has 278 valence electrons. The molecule has 3 amide bonds. The van der Waals surface area contributed by atoms with Gasteiger partial charge in [-0.3, -0.25) is 24.6 Å². The highest BCUT2D eigenvalue weighted by Crippen LogP contribution is 2.54. The number of pyridine rings is 1. The number of ether oxygens (including phenoxy) is 1. The Labute approximate surface area is 318 Å². The van der Waals surface area contributed by atoms with Crippen LogP contribution in [0.1, 0.15) is 70.3 Å². The van der Waals surface area contributed by atoms with E-state index in [2.05, 4.69) is 49.7 Å². The van der Waals surface area contributed by atoms with Gasteiger partial charge in [0.2, 0.25) is 5.91 Å². The summed E-state index contributed by atoms with van der Waals surface area (Å²) in [6.07, 6.45) is 2.64. The molecular formula is C40H51Cl2N7O3. The molecule has 1 aromatic heterocycles. The fraction of sp³-hybridized carbons (Fsp3) is 0.500. The van der Waals surface area contributed by atoms with Crippen molar-refractivity contribution < 1.29 is 14.3 Å². The van der Waals surface area contributed by atoms with E-state index in [1.54, 1.807) is 0 Å². The Hall–Kier alpha value is -3.70. The van der Waals surface area contributed by atoms with Crippen molar-refractivity contribution >= 4 is 41.0 Å². The van der Waals surface area contributed by atoms with Crippen molar-refractivity contribution in [1.29, 1.82) is 0 Å². The number of carbonyl (C=O) groups excluding carboxylic acids is 2. The molecule has 1 N–H and O–H groups in total. The second-order valence-corrected chi connectivity index (χ2v) is 16.1. The summed E-state index contributed by atoms with van der Waals surface area (Å²) in [6, 6.07) is 17.3. The molecule has 10 nitrogen and oxygen atoms in total. The first-order valence-electron chi connectivity index (χ1n) is 18.3. The Morgan fingerprint density at radius 1 is 0.904 bits per heavy atom. The number of amides is 3. The van der Waals surface area contributed by atoms with Gasteiger partial charge < -0.3 is 19.9 Å². The van der Waals surface area contributed by atoms with E-state index in [4.69, 9.17) is 37.9 Å². The predicted molar refractivity (Wildman–Crippen MR) is 208 cm³/mol. The maximum Gasteiger partial charge on any atom is 0.326 e. The van der Waals surface area contributed by atoms with Crippen LogP contribution in [0.25, 0.3) is 0 Å². The van der Waals surface area contributed by atoms with Crippen molar-refractivity contribution in [2.24, 2.45) is 4.99 Å². The zero-order valence-electron chi connectivity index (χ0n) is 31.2. The van der Waals surface area contributed by atoms with Gasteiger partial charge in [-0.15, -0.1) is 0 Å². The zero-order chi connectivity index (χ0) is 37.3. The molecule has 0 bridgehead atoms. The fourth-order valence-corrected chi connectivity index (χ4v) is 7.80. The zero-order valence-corrected chi connectivity index (χ0v) is 32.7. The molecule has 0 aliphatic carbocycles. The number of nitrogens with zero attached hydrogens (tertiary/aromatic N) is 6. The van der Waals surface area contributed by atoms with Crippen molar-refractivity contribution in [3.8, 4) is 5.75 Å². The highest BCUT2D eigenvalue weighted by Gasteiger charge is 2.60. The Morgan fingerprint density at radius 2 is 1.56 bits per heavy atom. The smallest absolute Gasteiger partial charge is 0.326 e. The lowest BCUT2D eigenvalue weighted by Gasteiger charge is -2.46. The first kappa shape index (κ1) is 38.0. The number of halogens is 2. The number of rotatable bonds is 8. The summed E-state index contributed by atoms with van der Waals surface area (Å²) in [7, 11) is 0. The van der Waals surface area contributed by atoms with Crippen molar-refractivity contribution in [3.05, 3.63) is 93.2 Å². The quantitative estimate of drug-likeness (QED) is 0.282. The molecule has 2 fully saturated rings. The van der Waals surface area contributed by atoms with Crippen LogP contribution in [0.5, 0.6) is 5.75 Å². The summed E-state index contributed by atoms with van der Waals surface area (Å²) >= 11 is 12.9. The molecule has 2 saturated heterocycles. The van der Waals surface area contributed by atoms with Gasteiger partial charge in [0.1, 0.15) is 22.7 Å². The summed E-state index contributed by atoms with van der Waals surface area (Å²) in [4.78, 5) is 46.2. The lowest BCUT2D eigenvalue weighted by molar-refractivity contribution is -0.124. The number of amidine groups is 1. The number of benzene rings is 2. The molecule has 2 atom stereocenters. The standard InChI is InChI=1S/C40H51Cl2N7O3/c1-7-52-33-25-34(38(2,3)4)44-26-32(33)36-45-39(5,28-9-13-30(41)14-10-28)40(6,29-11-15-31(42)16-12-29)49(36)37(51)48-19-8-18-46(23-24-48)21-22-47-20-17-43-35(50)27-47/h9-16,25-26H,7-8,17-24,27H2,1-6H3,(H,43,50)/t39-,40+/m0/s1. The van der Waals surface area contributed by atoms with Gasteiger partial charge in [0, 0.05) is 79.2 Å². The summed E-state index contributed by atoms with van der Waals surface area (Å²) in [5.41, 5.74) is 1.16. The van der Waals surface area contributed by atoms with Gasteiger partial charge in [0.25, 0.3) is 0 Å². The first-order chi connectivity index (χ1) is 24.7. The normalized spacial score (nSPS) is 23.3. The predicted octanol–water partition coefficient (Wildman–Crippen LogP) is 6.54. The van der Waals surface area contributed by atoms with Crippen LogP contribution in [0, 0.1) is 0 Å². The number of piperazine rings is 1. The SMILES string of the molecule is CCOc1cc(C(C)(C)C)ncc1C1=N[C@@](C)(c2ccc(Cl)cc2)[C@@](C)(c2ccc(Cl)cc2)N1C(=O)N1CCCN(CCN2CCNC(=O)C2)CC1. The van der Waals surface area contributed by atoms with Gasteiger partial charge in [0.05, 0.1) is 18.7 Å². The first-order valence-corrected chi connectivity index (χ1v) is 19.1. The summed E-state index contributed by atoms with van der Waals surface area (Å²) in [6.45, 7) is 19.3. The van der Waals surface area contributed by atoms with E-state index in [0.29, 0.717) is 60.0 Å². The third kappa shape index (κ3) is 7.53. The van der Waals surface area contributed by atoms with E-state index in [0.717, 1.165) is 56.0 Å².